The number of aliphatic imine (C=N–C) groups is 1. The van der Waals surface area contributed by atoms with Crippen LogP contribution < -0.4 is 0 Å². The monoisotopic (exact) mass is 397 g/mol. The van der Waals surface area contributed by atoms with Gasteiger partial charge in [-0.05, 0) is 43.3 Å². The number of rotatable bonds is 2. The minimum absolute atomic E-state index is 0.175. The van der Waals surface area contributed by atoms with Crippen molar-refractivity contribution in [2.45, 2.75) is 13.0 Å². The van der Waals surface area contributed by atoms with E-state index >= 15 is 0 Å². The Labute approximate surface area is 173 Å². The van der Waals surface area contributed by atoms with Crippen LogP contribution in [0.15, 0.2) is 76.6 Å². The Morgan fingerprint density at radius 2 is 1.97 bits per heavy atom. The summed E-state index contributed by atoms with van der Waals surface area (Å²) in [5.41, 5.74) is 6.06. The number of terminal acetylenes is 1. The van der Waals surface area contributed by atoms with Crippen LogP contribution in [0, 0.1) is 12.3 Å². The Morgan fingerprint density at radius 3 is 2.72 bits per heavy atom. The molecule has 0 amide bonds. The molecule has 4 aromatic rings. The normalized spacial score (nSPS) is 15.1. The highest BCUT2D eigenvalue weighted by molar-refractivity contribution is 6.35. The summed E-state index contributed by atoms with van der Waals surface area (Å²) in [5.74, 6) is 3.43. The van der Waals surface area contributed by atoms with Crippen molar-refractivity contribution in [3.63, 3.8) is 0 Å². The molecule has 0 unspecified atom stereocenters. The van der Waals surface area contributed by atoms with Crippen LogP contribution in [-0.2, 0) is 0 Å². The van der Waals surface area contributed by atoms with Crippen molar-refractivity contribution < 1.29 is 4.42 Å². The number of fused-ring (bicyclic) bond motifs is 3. The molecule has 1 atom stereocenters. The number of aromatic nitrogens is 2. The van der Waals surface area contributed by atoms with Gasteiger partial charge in [0.1, 0.15) is 12.0 Å². The SMILES string of the molecule is C#Cc1ccc2c(c1)C(c1ccccc1Cl)=N[C@@H](C)c1c(-c3ccco3)ncn1-2. The smallest absolute Gasteiger partial charge is 0.154 e. The molecule has 2 aromatic carbocycles. The van der Waals surface area contributed by atoms with Crippen LogP contribution >= 0.6 is 11.6 Å². The molecule has 1 aliphatic heterocycles. The van der Waals surface area contributed by atoms with Gasteiger partial charge in [-0.25, -0.2) is 4.98 Å². The zero-order chi connectivity index (χ0) is 20.0. The fourth-order valence-electron chi connectivity index (χ4n) is 3.77. The van der Waals surface area contributed by atoms with E-state index < -0.39 is 0 Å². The van der Waals surface area contributed by atoms with Crippen molar-refractivity contribution in [3.8, 4) is 29.5 Å². The van der Waals surface area contributed by atoms with Crippen molar-refractivity contribution in [2.24, 2.45) is 4.99 Å². The second kappa shape index (κ2) is 6.80. The molecule has 0 N–H and O–H groups in total. The summed E-state index contributed by atoms with van der Waals surface area (Å²) < 4.78 is 7.68. The third kappa shape index (κ3) is 2.79. The summed E-state index contributed by atoms with van der Waals surface area (Å²) >= 11 is 6.54. The summed E-state index contributed by atoms with van der Waals surface area (Å²) in [6, 6.07) is 17.2. The minimum atomic E-state index is -0.175. The van der Waals surface area contributed by atoms with Gasteiger partial charge in [-0.1, -0.05) is 35.7 Å². The lowest BCUT2D eigenvalue weighted by molar-refractivity contribution is 0.578. The Balaban J connectivity index is 1.83. The van der Waals surface area contributed by atoms with Crippen molar-refractivity contribution in [3.05, 3.63) is 94.6 Å². The number of halogens is 1. The molecule has 1 aliphatic rings. The molecule has 5 rings (SSSR count). The number of hydrogen-bond donors (Lipinski definition) is 0. The first-order chi connectivity index (χ1) is 14.2. The van der Waals surface area contributed by atoms with E-state index in [0.29, 0.717) is 10.8 Å². The molecule has 140 valence electrons. The lowest BCUT2D eigenvalue weighted by Crippen LogP contribution is -2.08. The first-order valence-electron chi connectivity index (χ1n) is 9.22. The average Bonchev–Trinajstić information content (AvgIpc) is 3.39. The third-order valence-corrected chi connectivity index (χ3v) is 5.41. The molecule has 0 aliphatic carbocycles. The van der Waals surface area contributed by atoms with E-state index in [2.05, 4.69) is 15.5 Å². The van der Waals surface area contributed by atoms with E-state index in [-0.39, 0.29) is 6.04 Å². The first kappa shape index (κ1) is 17.5. The fraction of sp³-hybridized carbons (Fsp3) is 0.0833. The second-order valence-electron chi connectivity index (χ2n) is 6.84. The molecule has 4 nitrogen and oxygen atoms in total. The standard InChI is InChI=1S/C24H16ClN3O/c1-3-16-10-11-20-18(13-16)22(17-7-4-5-8-19(17)25)27-15(2)24-23(26-14-28(20)24)21-9-6-12-29-21/h1,4-15H,2H3/t15-/m0/s1. The van der Waals surface area contributed by atoms with Gasteiger partial charge in [0.25, 0.3) is 0 Å². The van der Waals surface area contributed by atoms with Gasteiger partial charge in [-0.3, -0.25) is 9.56 Å². The van der Waals surface area contributed by atoms with Crippen LogP contribution in [0.1, 0.15) is 35.3 Å². The molecule has 0 radical (unpaired) electrons. The quantitative estimate of drug-likeness (QED) is 0.408. The molecular formula is C24H16ClN3O. The van der Waals surface area contributed by atoms with Crippen molar-refractivity contribution in [2.75, 3.05) is 0 Å². The van der Waals surface area contributed by atoms with Gasteiger partial charge in [0, 0.05) is 21.7 Å². The highest BCUT2D eigenvalue weighted by Gasteiger charge is 2.28. The van der Waals surface area contributed by atoms with Gasteiger partial charge in [0.2, 0.25) is 0 Å². The van der Waals surface area contributed by atoms with Gasteiger partial charge >= 0.3 is 0 Å². The molecule has 0 bridgehead atoms. The molecule has 2 aromatic heterocycles. The highest BCUT2D eigenvalue weighted by Crippen LogP contribution is 2.37. The van der Waals surface area contributed by atoms with Crippen molar-refractivity contribution in [1.82, 2.24) is 9.55 Å². The Morgan fingerprint density at radius 1 is 1.10 bits per heavy atom. The van der Waals surface area contributed by atoms with Crippen LogP contribution in [0.5, 0.6) is 0 Å². The molecular weight excluding hydrogens is 382 g/mol. The number of furan rings is 1. The maximum absolute atomic E-state index is 6.54. The second-order valence-corrected chi connectivity index (χ2v) is 7.24. The molecule has 0 saturated carbocycles. The van der Waals surface area contributed by atoms with Crippen LogP contribution in [0.3, 0.4) is 0 Å². The summed E-state index contributed by atoms with van der Waals surface area (Å²) in [5, 5.41) is 0.645. The molecule has 3 heterocycles. The summed E-state index contributed by atoms with van der Waals surface area (Å²) in [6.07, 6.45) is 9.13. The van der Waals surface area contributed by atoms with Crippen LogP contribution in [-0.4, -0.2) is 15.3 Å². The lowest BCUT2D eigenvalue weighted by Gasteiger charge is -2.13. The molecule has 0 spiro atoms. The van der Waals surface area contributed by atoms with Gasteiger partial charge in [-0.15, -0.1) is 6.42 Å². The van der Waals surface area contributed by atoms with Gasteiger partial charge in [0.05, 0.1) is 29.4 Å². The zero-order valence-corrected chi connectivity index (χ0v) is 16.4. The van der Waals surface area contributed by atoms with Gasteiger partial charge < -0.3 is 4.42 Å². The van der Waals surface area contributed by atoms with E-state index in [0.717, 1.165) is 39.5 Å². The molecule has 0 saturated heterocycles. The topological polar surface area (TPSA) is 43.3 Å². The van der Waals surface area contributed by atoms with E-state index in [1.165, 1.54) is 0 Å². The van der Waals surface area contributed by atoms with Crippen molar-refractivity contribution >= 4 is 17.3 Å². The molecule has 0 fully saturated rings. The van der Waals surface area contributed by atoms with E-state index in [4.69, 9.17) is 27.4 Å². The molecule has 5 heteroatoms. The zero-order valence-electron chi connectivity index (χ0n) is 15.6. The van der Waals surface area contributed by atoms with Crippen LogP contribution in [0.4, 0.5) is 0 Å². The predicted octanol–water partition coefficient (Wildman–Crippen LogP) is 5.68. The minimum Gasteiger partial charge on any atom is -0.463 e. The number of imidazole rings is 1. The summed E-state index contributed by atoms with van der Waals surface area (Å²) in [7, 11) is 0. The predicted molar refractivity (Wildman–Crippen MR) is 115 cm³/mol. The molecule has 29 heavy (non-hydrogen) atoms. The van der Waals surface area contributed by atoms with E-state index in [1.807, 2.05) is 67.8 Å². The van der Waals surface area contributed by atoms with E-state index in [1.54, 1.807) is 6.26 Å². The van der Waals surface area contributed by atoms with Crippen LogP contribution in [0.2, 0.25) is 5.02 Å². The maximum atomic E-state index is 6.54. The van der Waals surface area contributed by atoms with Gasteiger partial charge in [0.15, 0.2) is 5.76 Å². The summed E-state index contributed by atoms with van der Waals surface area (Å²) in [6.45, 7) is 2.05. The largest absolute Gasteiger partial charge is 0.463 e. The first-order valence-corrected chi connectivity index (χ1v) is 9.60. The van der Waals surface area contributed by atoms with Gasteiger partial charge in [-0.2, -0.15) is 0 Å². The average molecular weight is 398 g/mol. The Bertz CT molecular complexity index is 1290. The Kier molecular flexibility index (Phi) is 4.12. The number of benzene rings is 2. The lowest BCUT2D eigenvalue weighted by atomic mass is 9.98. The highest BCUT2D eigenvalue weighted by atomic mass is 35.5. The number of hydrogen-bond acceptors (Lipinski definition) is 3. The number of nitrogens with zero attached hydrogens (tertiary/aromatic N) is 3. The summed E-state index contributed by atoms with van der Waals surface area (Å²) in [4.78, 5) is 9.69. The van der Waals surface area contributed by atoms with Crippen LogP contribution in [0.25, 0.3) is 17.1 Å². The third-order valence-electron chi connectivity index (χ3n) is 5.08. The fourth-order valence-corrected chi connectivity index (χ4v) is 4.00. The van der Waals surface area contributed by atoms with E-state index in [9.17, 15) is 0 Å². The maximum Gasteiger partial charge on any atom is 0.154 e. The Hall–Kier alpha value is -3.55. The van der Waals surface area contributed by atoms with Crippen molar-refractivity contribution in [1.29, 1.82) is 0 Å².